The van der Waals surface area contributed by atoms with Gasteiger partial charge in [-0.2, -0.15) is 0 Å². The molecule has 0 aliphatic carbocycles. The maximum Gasteiger partial charge on any atom is 0.269 e. The zero-order valence-electron chi connectivity index (χ0n) is 10.2. The van der Waals surface area contributed by atoms with Crippen LogP contribution in [0.2, 0.25) is 0 Å². The van der Waals surface area contributed by atoms with E-state index < -0.39 is 22.2 Å². The predicted molar refractivity (Wildman–Crippen MR) is 73.5 cm³/mol. The Morgan fingerprint density at radius 3 is 2.15 bits per heavy atom. The molecule has 3 N–H and O–H groups in total. The maximum atomic E-state index is 10.5. The molecule has 0 saturated carbocycles. The molecule has 0 atom stereocenters. The molecular formula is C14H11NO5. The summed E-state index contributed by atoms with van der Waals surface area (Å²) in [6.45, 7) is 0. The van der Waals surface area contributed by atoms with E-state index in [-0.39, 0.29) is 5.69 Å². The largest absolute Gasteiger partial charge is 0.504 e. The highest BCUT2D eigenvalue weighted by Gasteiger charge is 2.08. The molecular weight excluding hydrogens is 262 g/mol. The number of phenolic OH excluding ortho intramolecular Hbond substituents is 3. The highest BCUT2D eigenvalue weighted by Crippen LogP contribution is 2.37. The first-order valence-corrected chi connectivity index (χ1v) is 5.65. The number of non-ortho nitro benzene ring substituents is 1. The van der Waals surface area contributed by atoms with E-state index in [1.165, 1.54) is 30.3 Å². The van der Waals surface area contributed by atoms with Gasteiger partial charge in [0, 0.05) is 17.7 Å². The first kappa shape index (κ1) is 13.4. The van der Waals surface area contributed by atoms with Crippen molar-refractivity contribution in [3.63, 3.8) is 0 Å². The summed E-state index contributed by atoms with van der Waals surface area (Å²) in [4.78, 5) is 10.0. The van der Waals surface area contributed by atoms with E-state index in [1.54, 1.807) is 18.2 Å². The summed E-state index contributed by atoms with van der Waals surface area (Å²) < 4.78 is 0. The smallest absolute Gasteiger partial charge is 0.269 e. The molecule has 0 aliphatic rings. The first-order valence-electron chi connectivity index (χ1n) is 5.65. The number of hydrogen-bond donors (Lipinski definition) is 3. The van der Waals surface area contributed by atoms with Gasteiger partial charge in [0.15, 0.2) is 11.5 Å². The second-order valence-electron chi connectivity index (χ2n) is 4.05. The molecule has 0 heterocycles. The summed E-state index contributed by atoms with van der Waals surface area (Å²) >= 11 is 0. The Kier molecular flexibility index (Phi) is 3.56. The molecule has 0 amide bonds. The van der Waals surface area contributed by atoms with Crippen molar-refractivity contribution < 1.29 is 20.2 Å². The predicted octanol–water partition coefficient (Wildman–Crippen LogP) is 2.88. The van der Waals surface area contributed by atoms with Crippen LogP contribution < -0.4 is 0 Å². The lowest BCUT2D eigenvalue weighted by molar-refractivity contribution is -0.384. The van der Waals surface area contributed by atoms with Gasteiger partial charge in [0.25, 0.3) is 5.69 Å². The molecule has 0 saturated heterocycles. The third kappa shape index (κ3) is 2.69. The van der Waals surface area contributed by atoms with Crippen molar-refractivity contribution in [2.45, 2.75) is 0 Å². The number of rotatable bonds is 3. The Morgan fingerprint density at radius 1 is 0.900 bits per heavy atom. The van der Waals surface area contributed by atoms with Gasteiger partial charge in [-0.1, -0.05) is 12.2 Å². The van der Waals surface area contributed by atoms with Gasteiger partial charge >= 0.3 is 0 Å². The molecule has 0 bridgehead atoms. The van der Waals surface area contributed by atoms with E-state index >= 15 is 0 Å². The number of nitro benzene ring substituents is 1. The molecule has 20 heavy (non-hydrogen) atoms. The zero-order valence-corrected chi connectivity index (χ0v) is 10.2. The fourth-order valence-electron chi connectivity index (χ4n) is 1.61. The normalized spacial score (nSPS) is 10.8. The second-order valence-corrected chi connectivity index (χ2v) is 4.05. The molecule has 0 aliphatic heterocycles. The Balaban J connectivity index is 2.25. The number of hydrogen-bond acceptors (Lipinski definition) is 5. The second kappa shape index (κ2) is 5.31. The number of benzene rings is 2. The average Bonchev–Trinajstić information content (AvgIpc) is 2.44. The van der Waals surface area contributed by atoms with Crippen LogP contribution in [0.1, 0.15) is 11.1 Å². The topological polar surface area (TPSA) is 104 Å². The van der Waals surface area contributed by atoms with Gasteiger partial charge in [-0.05, 0) is 29.8 Å². The highest BCUT2D eigenvalue weighted by atomic mass is 16.6. The van der Waals surface area contributed by atoms with E-state index in [4.69, 9.17) is 0 Å². The van der Waals surface area contributed by atoms with Gasteiger partial charge in [0.1, 0.15) is 0 Å². The Labute approximate surface area is 114 Å². The van der Waals surface area contributed by atoms with E-state index in [0.29, 0.717) is 11.1 Å². The van der Waals surface area contributed by atoms with Crippen molar-refractivity contribution in [2.75, 3.05) is 0 Å². The summed E-state index contributed by atoms with van der Waals surface area (Å²) in [5.41, 5.74) is 1.01. The summed E-state index contributed by atoms with van der Waals surface area (Å²) in [6, 6.07) is 8.55. The van der Waals surface area contributed by atoms with Crippen LogP contribution in [0.25, 0.3) is 12.2 Å². The van der Waals surface area contributed by atoms with Crippen LogP contribution in [-0.2, 0) is 0 Å². The molecule has 6 heteroatoms. The lowest BCUT2D eigenvalue weighted by atomic mass is 10.1. The SMILES string of the molecule is O=[N+]([O-])c1ccc(/C=C\c2ccc(O)c(O)c2O)cc1. The molecule has 6 nitrogen and oxygen atoms in total. The number of nitrogens with zero attached hydrogens (tertiary/aromatic N) is 1. The lowest BCUT2D eigenvalue weighted by Crippen LogP contribution is -1.86. The third-order valence-corrected chi connectivity index (χ3v) is 2.72. The molecule has 0 radical (unpaired) electrons. The summed E-state index contributed by atoms with van der Waals surface area (Å²) in [5.74, 6) is -1.42. The molecule has 0 fully saturated rings. The van der Waals surface area contributed by atoms with Gasteiger partial charge in [-0.25, -0.2) is 0 Å². The van der Waals surface area contributed by atoms with Crippen molar-refractivity contribution in [1.29, 1.82) is 0 Å². The molecule has 0 aromatic heterocycles. The minimum absolute atomic E-state index is 0.00715. The van der Waals surface area contributed by atoms with Crippen LogP contribution in [0.5, 0.6) is 17.2 Å². The van der Waals surface area contributed by atoms with E-state index in [1.807, 2.05) is 0 Å². The van der Waals surface area contributed by atoms with Gasteiger partial charge in [-0.3, -0.25) is 10.1 Å². The fourth-order valence-corrected chi connectivity index (χ4v) is 1.61. The van der Waals surface area contributed by atoms with Crippen molar-refractivity contribution in [3.05, 3.63) is 57.6 Å². The van der Waals surface area contributed by atoms with Gasteiger partial charge < -0.3 is 15.3 Å². The molecule has 0 unspecified atom stereocenters. The minimum atomic E-state index is -0.587. The Hall–Kier alpha value is -3.02. The summed E-state index contributed by atoms with van der Waals surface area (Å²) in [5, 5.41) is 38.7. The minimum Gasteiger partial charge on any atom is -0.504 e. The highest BCUT2D eigenvalue weighted by molar-refractivity contribution is 5.75. The quantitative estimate of drug-likeness (QED) is 0.345. The van der Waals surface area contributed by atoms with Crippen LogP contribution in [0, 0.1) is 10.1 Å². The van der Waals surface area contributed by atoms with Crippen LogP contribution in [0.15, 0.2) is 36.4 Å². The van der Waals surface area contributed by atoms with Crippen LogP contribution in [-0.4, -0.2) is 20.2 Å². The number of nitro groups is 1. The lowest BCUT2D eigenvalue weighted by Gasteiger charge is -2.03. The van der Waals surface area contributed by atoms with Crippen molar-refractivity contribution in [3.8, 4) is 17.2 Å². The Morgan fingerprint density at radius 2 is 1.55 bits per heavy atom. The van der Waals surface area contributed by atoms with Gasteiger partial charge in [0.2, 0.25) is 5.75 Å². The van der Waals surface area contributed by atoms with Crippen LogP contribution in [0.3, 0.4) is 0 Å². The first-order chi connectivity index (χ1) is 9.49. The molecule has 102 valence electrons. The van der Waals surface area contributed by atoms with Gasteiger partial charge in [0.05, 0.1) is 4.92 Å². The zero-order chi connectivity index (χ0) is 14.7. The van der Waals surface area contributed by atoms with Crippen molar-refractivity contribution >= 4 is 17.8 Å². The standard InChI is InChI=1S/C14H11NO5/c16-12-8-5-10(13(17)14(12)18)4-1-9-2-6-11(7-3-9)15(19)20/h1-8,16-18H/b4-1-. The monoisotopic (exact) mass is 273 g/mol. The van der Waals surface area contributed by atoms with Crippen molar-refractivity contribution in [1.82, 2.24) is 0 Å². The van der Waals surface area contributed by atoms with Gasteiger partial charge in [-0.15, -0.1) is 0 Å². The molecule has 0 spiro atoms. The van der Waals surface area contributed by atoms with E-state index in [9.17, 15) is 25.4 Å². The van der Waals surface area contributed by atoms with Crippen LogP contribution >= 0.6 is 0 Å². The summed E-state index contributed by atoms with van der Waals surface area (Å²) in [7, 11) is 0. The van der Waals surface area contributed by atoms with Crippen molar-refractivity contribution in [2.24, 2.45) is 0 Å². The fraction of sp³-hybridized carbons (Fsp3) is 0. The summed E-state index contributed by atoms with van der Waals surface area (Å²) in [6.07, 6.45) is 3.14. The third-order valence-electron chi connectivity index (χ3n) is 2.72. The number of phenols is 3. The molecule has 2 aromatic rings. The molecule has 2 aromatic carbocycles. The van der Waals surface area contributed by atoms with Crippen LogP contribution in [0.4, 0.5) is 5.69 Å². The number of aromatic hydroxyl groups is 3. The Bertz CT molecular complexity index is 677. The van der Waals surface area contributed by atoms with E-state index in [2.05, 4.69) is 0 Å². The van der Waals surface area contributed by atoms with E-state index in [0.717, 1.165) is 0 Å². The molecule has 2 rings (SSSR count). The maximum absolute atomic E-state index is 10.5. The average molecular weight is 273 g/mol.